The largest absolute Gasteiger partial charge is 0.359 e. The number of rotatable bonds is 3. The van der Waals surface area contributed by atoms with Crippen LogP contribution in [0, 0.1) is 13.8 Å². The highest BCUT2D eigenvalue weighted by Gasteiger charge is 2.03. The van der Waals surface area contributed by atoms with Gasteiger partial charge in [-0.2, -0.15) is 0 Å². The van der Waals surface area contributed by atoms with Crippen LogP contribution >= 0.6 is 0 Å². The summed E-state index contributed by atoms with van der Waals surface area (Å²) in [7, 11) is 1.90. The third-order valence-electron chi connectivity index (χ3n) is 2.56. The van der Waals surface area contributed by atoms with Gasteiger partial charge in [0.05, 0.1) is 12.2 Å². The summed E-state index contributed by atoms with van der Waals surface area (Å²) in [6.07, 6.45) is 2.06. The summed E-state index contributed by atoms with van der Waals surface area (Å²) >= 11 is 0. The van der Waals surface area contributed by atoms with Crippen LogP contribution in [0.1, 0.15) is 16.8 Å². The lowest BCUT2D eigenvalue weighted by Gasteiger charge is -2.07. The molecule has 2 aromatic rings. The van der Waals surface area contributed by atoms with Crippen LogP contribution in [-0.2, 0) is 6.54 Å². The van der Waals surface area contributed by atoms with Crippen molar-refractivity contribution in [2.75, 3.05) is 12.4 Å². The summed E-state index contributed by atoms with van der Waals surface area (Å²) in [6.45, 7) is 4.98. The molecule has 1 N–H and O–H groups in total. The predicted octanol–water partition coefficient (Wildman–Crippen LogP) is 2.59. The Bertz CT molecular complexity index is 486. The minimum absolute atomic E-state index is 0.860. The maximum Gasteiger partial charge on any atom is 0.203 e. The first-order valence-electron chi connectivity index (χ1n) is 5.46. The lowest BCUT2D eigenvalue weighted by atomic mass is 10.1. The molecule has 0 fully saturated rings. The summed E-state index contributed by atoms with van der Waals surface area (Å²) in [6, 6.07) is 8.55. The van der Waals surface area contributed by atoms with Gasteiger partial charge in [-0.1, -0.05) is 29.8 Å². The van der Waals surface area contributed by atoms with Crippen LogP contribution in [0.25, 0.3) is 0 Å². The zero-order valence-electron chi connectivity index (χ0n) is 9.99. The summed E-state index contributed by atoms with van der Waals surface area (Å²) < 4.78 is 2.13. The first-order chi connectivity index (χ1) is 7.69. The van der Waals surface area contributed by atoms with E-state index >= 15 is 0 Å². The predicted molar refractivity (Wildman–Crippen MR) is 66.8 cm³/mol. The van der Waals surface area contributed by atoms with Crippen molar-refractivity contribution in [1.29, 1.82) is 0 Å². The standard InChI is InChI=1S/C13H17N3/c1-10-5-4-6-12(7-10)9-16-8-11(2)15-13(16)14-3/h4-8H,9H2,1-3H3,(H,14,15). The Hall–Kier alpha value is -1.77. The van der Waals surface area contributed by atoms with E-state index in [1.54, 1.807) is 0 Å². The van der Waals surface area contributed by atoms with Crippen molar-refractivity contribution in [2.24, 2.45) is 0 Å². The van der Waals surface area contributed by atoms with Gasteiger partial charge in [0.15, 0.2) is 0 Å². The van der Waals surface area contributed by atoms with Crippen molar-refractivity contribution in [3.8, 4) is 0 Å². The minimum Gasteiger partial charge on any atom is -0.359 e. The van der Waals surface area contributed by atoms with Gasteiger partial charge in [-0.3, -0.25) is 0 Å². The average molecular weight is 215 g/mol. The molecule has 3 heteroatoms. The average Bonchev–Trinajstić information content (AvgIpc) is 2.59. The van der Waals surface area contributed by atoms with Crippen molar-refractivity contribution in [3.63, 3.8) is 0 Å². The van der Waals surface area contributed by atoms with Crippen molar-refractivity contribution < 1.29 is 0 Å². The second-order valence-corrected chi connectivity index (χ2v) is 4.07. The van der Waals surface area contributed by atoms with Gasteiger partial charge in [-0.25, -0.2) is 4.98 Å². The Balaban J connectivity index is 2.26. The van der Waals surface area contributed by atoms with Gasteiger partial charge in [-0.05, 0) is 19.4 Å². The zero-order valence-corrected chi connectivity index (χ0v) is 9.99. The first kappa shape index (κ1) is 10.7. The quantitative estimate of drug-likeness (QED) is 0.853. The summed E-state index contributed by atoms with van der Waals surface area (Å²) in [5, 5.41) is 3.10. The Morgan fingerprint density at radius 1 is 1.31 bits per heavy atom. The molecule has 0 saturated heterocycles. The van der Waals surface area contributed by atoms with Crippen LogP contribution in [0.4, 0.5) is 5.95 Å². The minimum atomic E-state index is 0.860. The molecule has 0 amide bonds. The number of hydrogen-bond acceptors (Lipinski definition) is 2. The normalized spacial score (nSPS) is 10.4. The molecule has 0 unspecified atom stereocenters. The van der Waals surface area contributed by atoms with E-state index in [4.69, 9.17) is 0 Å². The topological polar surface area (TPSA) is 29.9 Å². The van der Waals surface area contributed by atoms with Crippen molar-refractivity contribution in [3.05, 3.63) is 47.3 Å². The summed E-state index contributed by atoms with van der Waals surface area (Å²) in [4.78, 5) is 4.40. The molecule has 0 radical (unpaired) electrons. The van der Waals surface area contributed by atoms with Crippen LogP contribution in [0.2, 0.25) is 0 Å². The van der Waals surface area contributed by atoms with Gasteiger partial charge >= 0.3 is 0 Å². The van der Waals surface area contributed by atoms with Crippen LogP contribution in [0.15, 0.2) is 30.5 Å². The van der Waals surface area contributed by atoms with Crippen LogP contribution in [0.5, 0.6) is 0 Å². The molecule has 0 saturated carbocycles. The van der Waals surface area contributed by atoms with Gasteiger partial charge in [-0.15, -0.1) is 0 Å². The van der Waals surface area contributed by atoms with E-state index in [0.29, 0.717) is 0 Å². The molecule has 3 nitrogen and oxygen atoms in total. The van der Waals surface area contributed by atoms with Gasteiger partial charge < -0.3 is 9.88 Å². The molecule has 0 aliphatic heterocycles. The molecule has 0 spiro atoms. The summed E-state index contributed by atoms with van der Waals surface area (Å²) in [5.74, 6) is 0.916. The molecule has 2 rings (SSSR count). The molecule has 0 bridgehead atoms. The smallest absolute Gasteiger partial charge is 0.203 e. The van der Waals surface area contributed by atoms with Crippen molar-refractivity contribution >= 4 is 5.95 Å². The van der Waals surface area contributed by atoms with E-state index in [9.17, 15) is 0 Å². The second-order valence-electron chi connectivity index (χ2n) is 4.07. The van der Waals surface area contributed by atoms with Crippen LogP contribution < -0.4 is 5.32 Å². The Morgan fingerprint density at radius 3 is 2.81 bits per heavy atom. The number of imidazole rings is 1. The lowest BCUT2D eigenvalue weighted by molar-refractivity contribution is 0.804. The number of nitrogens with one attached hydrogen (secondary N) is 1. The van der Waals surface area contributed by atoms with Gasteiger partial charge in [0.1, 0.15) is 0 Å². The SMILES string of the molecule is CNc1nc(C)cn1Cc1cccc(C)c1. The van der Waals surface area contributed by atoms with E-state index in [2.05, 4.69) is 52.3 Å². The highest BCUT2D eigenvalue weighted by atomic mass is 15.2. The molecular formula is C13H17N3. The molecule has 16 heavy (non-hydrogen) atoms. The Kier molecular flexibility index (Phi) is 2.95. The number of hydrogen-bond donors (Lipinski definition) is 1. The van der Waals surface area contributed by atoms with Gasteiger partial charge in [0, 0.05) is 13.2 Å². The zero-order chi connectivity index (χ0) is 11.5. The maximum atomic E-state index is 4.40. The van der Waals surface area contributed by atoms with E-state index in [0.717, 1.165) is 18.2 Å². The third-order valence-corrected chi connectivity index (χ3v) is 2.56. The fourth-order valence-electron chi connectivity index (χ4n) is 1.87. The molecule has 0 aliphatic carbocycles. The maximum absolute atomic E-state index is 4.40. The van der Waals surface area contributed by atoms with Crippen molar-refractivity contribution in [2.45, 2.75) is 20.4 Å². The molecule has 1 aromatic carbocycles. The number of anilines is 1. The fraction of sp³-hybridized carbons (Fsp3) is 0.308. The molecule has 0 atom stereocenters. The second kappa shape index (κ2) is 4.39. The molecule has 1 heterocycles. The third kappa shape index (κ3) is 2.24. The fourth-order valence-corrected chi connectivity index (χ4v) is 1.87. The summed E-state index contributed by atoms with van der Waals surface area (Å²) in [5.41, 5.74) is 3.63. The lowest BCUT2D eigenvalue weighted by Crippen LogP contribution is -2.04. The molecule has 1 aromatic heterocycles. The van der Waals surface area contributed by atoms with Crippen molar-refractivity contribution in [1.82, 2.24) is 9.55 Å². The van der Waals surface area contributed by atoms with E-state index in [1.807, 2.05) is 14.0 Å². The molecular weight excluding hydrogens is 198 g/mol. The number of aryl methyl sites for hydroxylation is 2. The number of aromatic nitrogens is 2. The molecule has 0 aliphatic rings. The van der Waals surface area contributed by atoms with E-state index < -0.39 is 0 Å². The molecule has 84 valence electrons. The number of benzene rings is 1. The van der Waals surface area contributed by atoms with Crippen LogP contribution in [-0.4, -0.2) is 16.6 Å². The van der Waals surface area contributed by atoms with Gasteiger partial charge in [0.2, 0.25) is 5.95 Å². The highest BCUT2D eigenvalue weighted by Crippen LogP contribution is 2.12. The first-order valence-corrected chi connectivity index (χ1v) is 5.46. The highest BCUT2D eigenvalue weighted by molar-refractivity contribution is 5.30. The Morgan fingerprint density at radius 2 is 2.12 bits per heavy atom. The van der Waals surface area contributed by atoms with Gasteiger partial charge in [0.25, 0.3) is 0 Å². The van der Waals surface area contributed by atoms with E-state index in [1.165, 1.54) is 11.1 Å². The van der Waals surface area contributed by atoms with E-state index in [-0.39, 0.29) is 0 Å². The monoisotopic (exact) mass is 215 g/mol. The van der Waals surface area contributed by atoms with Crippen LogP contribution in [0.3, 0.4) is 0 Å². The Labute approximate surface area is 96.1 Å². The number of nitrogens with zero attached hydrogens (tertiary/aromatic N) is 2.